The molecule has 1 saturated carbocycles. The van der Waals surface area contributed by atoms with E-state index in [4.69, 9.17) is 5.73 Å². The Kier molecular flexibility index (Phi) is 4.55. The largest absolute Gasteiger partial charge is 0.329 e. The first-order valence-corrected chi connectivity index (χ1v) is 8.76. The monoisotopic (exact) mass is 289 g/mol. The fourth-order valence-corrected chi connectivity index (χ4v) is 5.35. The third-order valence-electron chi connectivity index (χ3n) is 4.87. The van der Waals surface area contributed by atoms with Crippen molar-refractivity contribution in [1.29, 1.82) is 0 Å². The number of hydrogen-bond donors (Lipinski definition) is 1. The van der Waals surface area contributed by atoms with Crippen LogP contribution in [0.4, 0.5) is 0 Å². The molecule has 0 amide bonds. The van der Waals surface area contributed by atoms with E-state index in [-0.39, 0.29) is 5.54 Å². The number of piperidine rings is 1. The zero-order valence-electron chi connectivity index (χ0n) is 12.1. The van der Waals surface area contributed by atoms with Crippen molar-refractivity contribution in [2.24, 2.45) is 11.7 Å². The van der Waals surface area contributed by atoms with E-state index >= 15 is 0 Å². The van der Waals surface area contributed by atoms with Gasteiger partial charge in [0.1, 0.15) is 0 Å². The first-order valence-electron chi connectivity index (χ1n) is 7.36. The highest BCUT2D eigenvalue weighted by atomic mass is 32.2. The third-order valence-corrected chi connectivity index (χ3v) is 6.94. The van der Waals surface area contributed by atoms with Gasteiger partial charge in [-0.15, -0.1) is 0 Å². The lowest BCUT2D eigenvalue weighted by Crippen LogP contribution is -2.57. The van der Waals surface area contributed by atoms with Crippen LogP contribution in [-0.2, 0) is 10.2 Å². The number of nitrogens with two attached hydrogens (primary N) is 1. The fraction of sp³-hybridized carbons (Fsp3) is 1.00. The Morgan fingerprint density at radius 2 is 1.95 bits per heavy atom. The van der Waals surface area contributed by atoms with Crippen LogP contribution >= 0.6 is 0 Å². The van der Waals surface area contributed by atoms with Crippen LogP contribution in [0, 0.1) is 5.92 Å². The zero-order chi connectivity index (χ0) is 14.1. The maximum absolute atomic E-state index is 12.8. The van der Waals surface area contributed by atoms with Crippen LogP contribution < -0.4 is 5.73 Å². The van der Waals surface area contributed by atoms with Crippen molar-refractivity contribution < 1.29 is 8.42 Å². The van der Waals surface area contributed by atoms with Gasteiger partial charge in [0.25, 0.3) is 10.2 Å². The molecule has 0 bridgehead atoms. The van der Waals surface area contributed by atoms with Crippen molar-refractivity contribution in [1.82, 2.24) is 8.61 Å². The van der Waals surface area contributed by atoms with Gasteiger partial charge in [-0.2, -0.15) is 17.0 Å². The topological polar surface area (TPSA) is 66.6 Å². The number of rotatable bonds is 4. The van der Waals surface area contributed by atoms with Crippen LogP contribution in [0.3, 0.4) is 0 Å². The molecular formula is C13H27N3O2S. The molecule has 19 heavy (non-hydrogen) atoms. The molecule has 1 aliphatic carbocycles. The average molecular weight is 289 g/mol. The quantitative estimate of drug-likeness (QED) is 0.844. The summed E-state index contributed by atoms with van der Waals surface area (Å²) >= 11 is 0. The summed E-state index contributed by atoms with van der Waals surface area (Å²) in [7, 11) is -1.65. The average Bonchev–Trinajstić information content (AvgIpc) is 2.87. The van der Waals surface area contributed by atoms with Gasteiger partial charge in [-0.25, -0.2) is 0 Å². The van der Waals surface area contributed by atoms with Crippen molar-refractivity contribution in [2.45, 2.75) is 51.0 Å². The molecule has 112 valence electrons. The summed E-state index contributed by atoms with van der Waals surface area (Å²) in [6.07, 6.45) is 6.02. The molecule has 5 nitrogen and oxygen atoms in total. The van der Waals surface area contributed by atoms with E-state index in [1.165, 1.54) is 0 Å². The summed E-state index contributed by atoms with van der Waals surface area (Å²) in [4.78, 5) is 0. The molecule has 0 radical (unpaired) electrons. The molecular weight excluding hydrogens is 262 g/mol. The highest BCUT2D eigenvalue weighted by molar-refractivity contribution is 7.86. The molecule has 2 rings (SSSR count). The second-order valence-corrected chi connectivity index (χ2v) is 8.18. The molecule has 2 aliphatic rings. The molecule has 2 N–H and O–H groups in total. The van der Waals surface area contributed by atoms with Gasteiger partial charge < -0.3 is 5.73 Å². The van der Waals surface area contributed by atoms with Crippen molar-refractivity contribution in [3.63, 3.8) is 0 Å². The van der Waals surface area contributed by atoms with E-state index in [2.05, 4.69) is 6.92 Å². The van der Waals surface area contributed by atoms with E-state index in [1.54, 1.807) is 15.7 Å². The van der Waals surface area contributed by atoms with E-state index in [1.807, 2.05) is 0 Å². The van der Waals surface area contributed by atoms with Gasteiger partial charge in [-0.3, -0.25) is 0 Å². The Morgan fingerprint density at radius 1 is 1.32 bits per heavy atom. The van der Waals surface area contributed by atoms with Crippen LogP contribution in [-0.4, -0.2) is 49.2 Å². The fourth-order valence-electron chi connectivity index (χ4n) is 3.45. The SMILES string of the molecule is CC1CCCN(S(=O)(=O)N(C)C2(CN)CCCC2)C1. The van der Waals surface area contributed by atoms with Crippen molar-refractivity contribution in [3.05, 3.63) is 0 Å². The standard InChI is InChI=1S/C13H27N3O2S/c1-12-6-5-9-16(10-12)19(17,18)15(2)13(11-14)7-3-4-8-13/h12H,3-11,14H2,1-2H3. The van der Waals surface area contributed by atoms with Crippen molar-refractivity contribution in [2.75, 3.05) is 26.7 Å². The van der Waals surface area contributed by atoms with Crippen LogP contribution in [0.1, 0.15) is 45.4 Å². The summed E-state index contributed by atoms with van der Waals surface area (Å²) in [5.41, 5.74) is 5.55. The molecule has 0 aromatic rings. The van der Waals surface area contributed by atoms with Gasteiger partial charge in [0.2, 0.25) is 0 Å². The van der Waals surface area contributed by atoms with Crippen LogP contribution in [0.25, 0.3) is 0 Å². The smallest absolute Gasteiger partial charge is 0.282 e. The molecule has 1 heterocycles. The molecule has 1 unspecified atom stereocenters. The van der Waals surface area contributed by atoms with Crippen LogP contribution in [0.5, 0.6) is 0 Å². The highest BCUT2D eigenvalue weighted by Crippen LogP contribution is 2.36. The summed E-state index contributed by atoms with van der Waals surface area (Å²) in [6, 6.07) is 0. The van der Waals surface area contributed by atoms with E-state index < -0.39 is 10.2 Å². The number of nitrogens with zero attached hydrogens (tertiary/aromatic N) is 2. The predicted molar refractivity (Wildman–Crippen MR) is 76.9 cm³/mol. The Hall–Kier alpha value is -0.170. The predicted octanol–water partition coefficient (Wildman–Crippen LogP) is 1.17. The Morgan fingerprint density at radius 3 is 2.47 bits per heavy atom. The van der Waals surface area contributed by atoms with Gasteiger partial charge in [0, 0.05) is 32.2 Å². The first-order chi connectivity index (χ1) is 8.92. The molecule has 0 aromatic heterocycles. The molecule has 1 aliphatic heterocycles. The lowest BCUT2D eigenvalue weighted by atomic mass is 9.98. The second kappa shape index (κ2) is 5.68. The molecule has 0 spiro atoms. The minimum absolute atomic E-state index is 0.348. The summed E-state index contributed by atoms with van der Waals surface area (Å²) in [5, 5.41) is 0. The molecule has 2 fully saturated rings. The van der Waals surface area contributed by atoms with Gasteiger partial charge in [0.15, 0.2) is 0 Å². The van der Waals surface area contributed by atoms with Gasteiger partial charge in [0.05, 0.1) is 0 Å². The zero-order valence-corrected chi connectivity index (χ0v) is 13.0. The minimum Gasteiger partial charge on any atom is -0.329 e. The summed E-state index contributed by atoms with van der Waals surface area (Å²) in [5.74, 6) is 0.453. The Labute approximate surface area is 117 Å². The van der Waals surface area contributed by atoms with Gasteiger partial charge >= 0.3 is 0 Å². The summed E-state index contributed by atoms with van der Waals surface area (Å²) in [6.45, 7) is 3.84. The number of likely N-dealkylation sites (N-methyl/N-ethyl adjacent to an activating group) is 1. The lowest BCUT2D eigenvalue weighted by Gasteiger charge is -2.41. The number of hydrogen-bond acceptors (Lipinski definition) is 3. The second-order valence-electron chi connectivity index (χ2n) is 6.22. The van der Waals surface area contributed by atoms with Crippen molar-refractivity contribution in [3.8, 4) is 0 Å². The molecule has 6 heteroatoms. The molecule has 0 aromatic carbocycles. The van der Waals surface area contributed by atoms with E-state index in [0.717, 1.165) is 38.5 Å². The van der Waals surface area contributed by atoms with E-state index in [0.29, 0.717) is 25.6 Å². The highest BCUT2D eigenvalue weighted by Gasteiger charge is 2.44. The maximum Gasteiger partial charge on any atom is 0.282 e. The first kappa shape index (κ1) is 15.2. The van der Waals surface area contributed by atoms with Crippen molar-refractivity contribution >= 4 is 10.2 Å². The van der Waals surface area contributed by atoms with Crippen LogP contribution in [0.15, 0.2) is 0 Å². The molecule has 1 atom stereocenters. The van der Waals surface area contributed by atoms with Gasteiger partial charge in [-0.05, 0) is 31.6 Å². The van der Waals surface area contributed by atoms with Crippen LogP contribution in [0.2, 0.25) is 0 Å². The summed E-state index contributed by atoms with van der Waals surface area (Å²) < 4.78 is 28.8. The normalized spacial score (nSPS) is 28.9. The maximum atomic E-state index is 12.8. The lowest BCUT2D eigenvalue weighted by molar-refractivity contribution is 0.197. The Balaban J connectivity index is 2.18. The van der Waals surface area contributed by atoms with E-state index in [9.17, 15) is 8.42 Å². The van der Waals surface area contributed by atoms with Gasteiger partial charge in [-0.1, -0.05) is 19.8 Å². The minimum atomic E-state index is -3.36. The Bertz CT molecular complexity index is 404. The molecule has 1 saturated heterocycles. The third kappa shape index (κ3) is 2.82.